The Balaban J connectivity index is 2.23. The SMILES string of the molecule is CCC1(C)NC(=O)N([C@H]2CCC[C@@H]2O)C1=O. The van der Waals surface area contributed by atoms with Crippen molar-refractivity contribution >= 4 is 11.9 Å². The Morgan fingerprint density at radius 1 is 1.50 bits per heavy atom. The van der Waals surface area contributed by atoms with Crippen molar-refractivity contribution in [2.75, 3.05) is 0 Å². The molecule has 1 saturated heterocycles. The first-order chi connectivity index (χ1) is 7.49. The van der Waals surface area contributed by atoms with E-state index in [-0.39, 0.29) is 18.0 Å². The van der Waals surface area contributed by atoms with Crippen LogP contribution in [0.15, 0.2) is 0 Å². The largest absolute Gasteiger partial charge is 0.391 e. The fourth-order valence-electron chi connectivity index (χ4n) is 2.47. The van der Waals surface area contributed by atoms with E-state index in [9.17, 15) is 14.7 Å². The van der Waals surface area contributed by atoms with Gasteiger partial charge in [-0.05, 0) is 32.6 Å². The first-order valence-electron chi connectivity index (χ1n) is 5.83. The molecule has 90 valence electrons. The van der Waals surface area contributed by atoms with Gasteiger partial charge in [0.05, 0.1) is 12.1 Å². The van der Waals surface area contributed by atoms with Crippen molar-refractivity contribution in [3.05, 3.63) is 0 Å². The third-order valence-corrected chi connectivity index (χ3v) is 3.78. The summed E-state index contributed by atoms with van der Waals surface area (Å²) in [4.78, 5) is 25.1. The van der Waals surface area contributed by atoms with Crippen LogP contribution in [0, 0.1) is 0 Å². The summed E-state index contributed by atoms with van der Waals surface area (Å²) in [6.07, 6.45) is 2.25. The van der Waals surface area contributed by atoms with Crippen molar-refractivity contribution in [3.8, 4) is 0 Å². The lowest BCUT2D eigenvalue weighted by atomic mass is 9.99. The molecule has 2 fully saturated rings. The number of hydrogen-bond acceptors (Lipinski definition) is 3. The second kappa shape index (κ2) is 3.73. The molecule has 0 spiro atoms. The molecule has 2 rings (SSSR count). The maximum absolute atomic E-state index is 12.1. The zero-order chi connectivity index (χ0) is 11.9. The van der Waals surface area contributed by atoms with Crippen molar-refractivity contribution in [1.82, 2.24) is 10.2 Å². The van der Waals surface area contributed by atoms with E-state index in [2.05, 4.69) is 5.32 Å². The van der Waals surface area contributed by atoms with E-state index >= 15 is 0 Å². The fourth-order valence-corrected chi connectivity index (χ4v) is 2.47. The molecule has 1 unspecified atom stereocenters. The highest BCUT2D eigenvalue weighted by atomic mass is 16.3. The third-order valence-electron chi connectivity index (χ3n) is 3.78. The van der Waals surface area contributed by atoms with Gasteiger partial charge in [0.25, 0.3) is 5.91 Å². The summed E-state index contributed by atoms with van der Waals surface area (Å²) < 4.78 is 0. The molecule has 0 aromatic rings. The second-order valence-electron chi connectivity index (χ2n) is 4.86. The minimum absolute atomic E-state index is 0.203. The molecule has 3 atom stereocenters. The van der Waals surface area contributed by atoms with Gasteiger partial charge in [-0.1, -0.05) is 6.92 Å². The lowest BCUT2D eigenvalue weighted by Crippen LogP contribution is -2.47. The van der Waals surface area contributed by atoms with Crippen LogP contribution < -0.4 is 5.32 Å². The van der Waals surface area contributed by atoms with Crippen molar-refractivity contribution in [1.29, 1.82) is 0 Å². The van der Waals surface area contributed by atoms with E-state index in [1.54, 1.807) is 6.92 Å². The first kappa shape index (κ1) is 11.4. The van der Waals surface area contributed by atoms with Gasteiger partial charge in [-0.25, -0.2) is 4.79 Å². The molecule has 0 radical (unpaired) electrons. The van der Waals surface area contributed by atoms with E-state index in [1.807, 2.05) is 6.92 Å². The Morgan fingerprint density at radius 3 is 2.62 bits per heavy atom. The molecule has 1 heterocycles. The number of carbonyl (C=O) groups is 2. The highest BCUT2D eigenvalue weighted by molar-refractivity contribution is 6.07. The number of amides is 3. The van der Waals surface area contributed by atoms with Crippen LogP contribution in [0.2, 0.25) is 0 Å². The monoisotopic (exact) mass is 226 g/mol. The van der Waals surface area contributed by atoms with Crippen molar-refractivity contribution in [2.24, 2.45) is 0 Å². The average molecular weight is 226 g/mol. The Bertz CT molecular complexity index is 331. The average Bonchev–Trinajstić information content (AvgIpc) is 2.72. The maximum Gasteiger partial charge on any atom is 0.325 e. The van der Waals surface area contributed by atoms with Crippen LogP contribution in [0.25, 0.3) is 0 Å². The van der Waals surface area contributed by atoms with Crippen LogP contribution in [-0.4, -0.2) is 39.6 Å². The minimum Gasteiger partial charge on any atom is -0.391 e. The number of aliphatic hydroxyl groups excluding tert-OH is 1. The predicted octanol–water partition coefficient (Wildman–Crippen LogP) is 0.620. The van der Waals surface area contributed by atoms with Crippen LogP contribution in [0.5, 0.6) is 0 Å². The van der Waals surface area contributed by atoms with Gasteiger partial charge in [0.15, 0.2) is 0 Å². The molecule has 16 heavy (non-hydrogen) atoms. The third kappa shape index (κ3) is 1.50. The van der Waals surface area contributed by atoms with Crippen LogP contribution in [-0.2, 0) is 4.79 Å². The highest BCUT2D eigenvalue weighted by Gasteiger charge is 2.51. The van der Waals surface area contributed by atoms with Crippen LogP contribution in [0.4, 0.5) is 4.79 Å². The molecular formula is C11H18N2O3. The maximum atomic E-state index is 12.1. The Labute approximate surface area is 94.8 Å². The normalized spacial score (nSPS) is 39.3. The first-order valence-corrected chi connectivity index (χ1v) is 5.83. The molecule has 2 N–H and O–H groups in total. The number of imide groups is 1. The molecule has 0 aromatic heterocycles. The summed E-state index contributed by atoms with van der Waals surface area (Å²) >= 11 is 0. The van der Waals surface area contributed by atoms with E-state index in [0.717, 1.165) is 6.42 Å². The molecule has 5 nitrogen and oxygen atoms in total. The molecule has 0 aromatic carbocycles. The summed E-state index contributed by atoms with van der Waals surface area (Å²) in [5.74, 6) is -0.203. The van der Waals surface area contributed by atoms with Gasteiger partial charge in [0.1, 0.15) is 5.54 Å². The molecule has 5 heteroatoms. The zero-order valence-electron chi connectivity index (χ0n) is 9.69. The fraction of sp³-hybridized carbons (Fsp3) is 0.818. The lowest BCUT2D eigenvalue weighted by Gasteiger charge is -2.25. The second-order valence-corrected chi connectivity index (χ2v) is 4.86. The van der Waals surface area contributed by atoms with Crippen molar-refractivity contribution < 1.29 is 14.7 Å². The number of hydrogen-bond donors (Lipinski definition) is 2. The number of rotatable bonds is 2. The summed E-state index contributed by atoms with van der Waals surface area (Å²) in [6.45, 7) is 3.60. The lowest BCUT2D eigenvalue weighted by molar-refractivity contribution is -0.133. The van der Waals surface area contributed by atoms with Crippen molar-refractivity contribution in [3.63, 3.8) is 0 Å². The van der Waals surface area contributed by atoms with Gasteiger partial charge in [0, 0.05) is 0 Å². The number of aliphatic hydroxyl groups is 1. The van der Waals surface area contributed by atoms with Gasteiger partial charge in [0.2, 0.25) is 0 Å². The van der Waals surface area contributed by atoms with Gasteiger partial charge >= 0.3 is 6.03 Å². The van der Waals surface area contributed by atoms with E-state index in [4.69, 9.17) is 0 Å². The minimum atomic E-state index is -0.792. The van der Waals surface area contributed by atoms with Crippen LogP contribution >= 0.6 is 0 Å². The summed E-state index contributed by atoms with van der Waals surface area (Å²) in [5, 5.41) is 12.5. The summed E-state index contributed by atoms with van der Waals surface area (Å²) in [5.41, 5.74) is -0.792. The van der Waals surface area contributed by atoms with Gasteiger partial charge in [-0.3, -0.25) is 9.69 Å². The zero-order valence-corrected chi connectivity index (χ0v) is 9.69. The van der Waals surface area contributed by atoms with Gasteiger partial charge in [-0.15, -0.1) is 0 Å². The van der Waals surface area contributed by atoms with E-state index in [0.29, 0.717) is 19.3 Å². The number of urea groups is 1. The Morgan fingerprint density at radius 2 is 2.19 bits per heavy atom. The Kier molecular flexibility index (Phi) is 2.66. The number of nitrogens with one attached hydrogen (secondary N) is 1. The van der Waals surface area contributed by atoms with Crippen molar-refractivity contribution in [2.45, 2.75) is 57.2 Å². The standard InChI is InChI=1S/C11H18N2O3/c1-3-11(2)9(15)13(10(16)12-11)7-5-4-6-8(7)14/h7-8,14H,3-6H2,1-2H3,(H,12,16)/t7-,8-,11?/m0/s1. The number of nitrogens with zero attached hydrogens (tertiary/aromatic N) is 1. The molecular weight excluding hydrogens is 208 g/mol. The van der Waals surface area contributed by atoms with E-state index in [1.165, 1.54) is 4.90 Å². The molecule has 1 saturated carbocycles. The Hall–Kier alpha value is -1.10. The van der Waals surface area contributed by atoms with E-state index < -0.39 is 11.6 Å². The molecule has 2 aliphatic rings. The molecule has 3 amide bonds. The molecule has 1 aliphatic carbocycles. The quantitative estimate of drug-likeness (QED) is 0.678. The topological polar surface area (TPSA) is 69.6 Å². The van der Waals surface area contributed by atoms with Crippen LogP contribution in [0.3, 0.4) is 0 Å². The molecule has 1 aliphatic heterocycles. The number of carbonyl (C=O) groups excluding carboxylic acids is 2. The summed E-state index contributed by atoms with van der Waals surface area (Å²) in [7, 11) is 0. The predicted molar refractivity (Wildman–Crippen MR) is 57.7 cm³/mol. The smallest absolute Gasteiger partial charge is 0.325 e. The highest BCUT2D eigenvalue weighted by Crippen LogP contribution is 2.30. The summed E-state index contributed by atoms with van der Waals surface area (Å²) in [6, 6.07) is -0.693. The van der Waals surface area contributed by atoms with Crippen LogP contribution in [0.1, 0.15) is 39.5 Å². The van der Waals surface area contributed by atoms with Gasteiger partial charge < -0.3 is 10.4 Å². The molecule has 0 bridgehead atoms. The van der Waals surface area contributed by atoms with Gasteiger partial charge in [-0.2, -0.15) is 0 Å².